The zero-order valence-corrected chi connectivity index (χ0v) is 14.7. The number of rotatable bonds is 7. The monoisotopic (exact) mass is 356 g/mol. The first-order valence-corrected chi connectivity index (χ1v) is 8.24. The fourth-order valence-corrected chi connectivity index (χ4v) is 3.64. The van der Waals surface area contributed by atoms with Gasteiger partial charge in [-0.05, 0) is 13.0 Å². The van der Waals surface area contributed by atoms with Crippen molar-refractivity contribution in [1.82, 2.24) is 0 Å². The normalized spacial score (nSPS) is 10.6. The van der Waals surface area contributed by atoms with Crippen LogP contribution in [0.1, 0.15) is 29.4 Å². The van der Waals surface area contributed by atoms with Crippen molar-refractivity contribution in [1.29, 1.82) is 0 Å². The predicted octanol–water partition coefficient (Wildman–Crippen LogP) is 4.10. The number of hydrogen-bond acceptors (Lipinski definition) is 6. The summed E-state index contributed by atoms with van der Waals surface area (Å²) < 4.78 is 16.2. The second kappa shape index (κ2) is 7.66. The fourth-order valence-electron chi connectivity index (χ4n) is 2.13. The molecule has 0 radical (unpaired) electrons. The molecule has 0 fully saturated rings. The van der Waals surface area contributed by atoms with Gasteiger partial charge in [-0.25, -0.2) is 0 Å². The Kier molecular flexibility index (Phi) is 5.85. The van der Waals surface area contributed by atoms with Crippen LogP contribution in [0.25, 0.3) is 10.1 Å². The van der Waals surface area contributed by atoms with Crippen molar-refractivity contribution in [2.45, 2.75) is 19.8 Å². The molecule has 1 heterocycles. The van der Waals surface area contributed by atoms with Crippen LogP contribution in [0.5, 0.6) is 11.5 Å². The zero-order valence-electron chi connectivity index (χ0n) is 13.1. The molecule has 0 aliphatic carbocycles. The number of ketones is 1. The topological polar surface area (TPSA) is 61.8 Å². The van der Waals surface area contributed by atoms with Crippen LogP contribution in [0.4, 0.5) is 0 Å². The van der Waals surface area contributed by atoms with Crippen molar-refractivity contribution < 1.29 is 23.8 Å². The first-order valence-electron chi connectivity index (χ1n) is 7.04. The Morgan fingerprint density at radius 1 is 1.13 bits per heavy atom. The van der Waals surface area contributed by atoms with Crippen molar-refractivity contribution in [3.05, 3.63) is 22.0 Å². The maximum atomic E-state index is 12.3. The lowest BCUT2D eigenvalue weighted by Gasteiger charge is -2.06. The Morgan fingerprint density at radius 2 is 1.78 bits per heavy atom. The molecule has 5 nitrogen and oxygen atoms in total. The Morgan fingerprint density at radius 3 is 2.39 bits per heavy atom. The lowest BCUT2D eigenvalue weighted by atomic mass is 10.1. The molecule has 0 saturated heterocycles. The average Bonchev–Trinajstić information content (AvgIpc) is 2.87. The Labute approximate surface area is 143 Å². The van der Waals surface area contributed by atoms with E-state index in [1.807, 2.05) is 0 Å². The number of halogens is 1. The highest BCUT2D eigenvalue weighted by Gasteiger charge is 2.20. The van der Waals surface area contributed by atoms with E-state index >= 15 is 0 Å². The summed E-state index contributed by atoms with van der Waals surface area (Å²) in [5, 5.41) is 1.11. The first-order chi connectivity index (χ1) is 11.0. The second-order valence-corrected chi connectivity index (χ2v) is 6.11. The van der Waals surface area contributed by atoms with E-state index in [0.29, 0.717) is 28.0 Å². The molecule has 7 heteroatoms. The quantitative estimate of drug-likeness (QED) is 0.552. The summed E-state index contributed by atoms with van der Waals surface area (Å²) in [5.74, 6) is 0.553. The van der Waals surface area contributed by atoms with Gasteiger partial charge in [-0.1, -0.05) is 11.6 Å². The smallest absolute Gasteiger partial charge is 0.306 e. The van der Waals surface area contributed by atoms with Gasteiger partial charge in [0.15, 0.2) is 17.3 Å². The molecular weight excluding hydrogens is 340 g/mol. The summed E-state index contributed by atoms with van der Waals surface area (Å²) in [6.07, 6.45) is 0.115. The maximum Gasteiger partial charge on any atom is 0.306 e. The number of Topliss-reactive ketones (excluding diaryl/α,β-unsaturated/α-hetero) is 1. The Hall–Kier alpha value is -1.79. The molecule has 2 rings (SSSR count). The molecule has 2 aromatic rings. The number of thiophene rings is 1. The molecule has 0 amide bonds. The minimum atomic E-state index is -0.388. The molecule has 124 valence electrons. The van der Waals surface area contributed by atoms with Crippen LogP contribution in [-0.4, -0.2) is 32.6 Å². The maximum absolute atomic E-state index is 12.3. The summed E-state index contributed by atoms with van der Waals surface area (Å²) in [6, 6.07) is 3.53. The van der Waals surface area contributed by atoms with E-state index in [4.69, 9.17) is 25.8 Å². The summed E-state index contributed by atoms with van der Waals surface area (Å²) >= 11 is 7.61. The highest BCUT2D eigenvalue weighted by molar-refractivity contribution is 7.21. The summed E-state index contributed by atoms with van der Waals surface area (Å²) in [4.78, 5) is 24.1. The van der Waals surface area contributed by atoms with Gasteiger partial charge in [0.1, 0.15) is 0 Å². The minimum absolute atomic E-state index is 0.0455. The van der Waals surface area contributed by atoms with Crippen LogP contribution in [0.3, 0.4) is 0 Å². The number of carbonyl (C=O) groups is 2. The highest BCUT2D eigenvalue weighted by atomic mass is 35.5. The van der Waals surface area contributed by atoms with E-state index in [1.165, 1.54) is 18.4 Å². The van der Waals surface area contributed by atoms with Gasteiger partial charge in [-0.3, -0.25) is 9.59 Å². The molecule has 0 atom stereocenters. The number of esters is 1. The van der Waals surface area contributed by atoms with Crippen LogP contribution >= 0.6 is 22.9 Å². The van der Waals surface area contributed by atoms with Crippen molar-refractivity contribution in [3.63, 3.8) is 0 Å². The molecule has 1 aromatic carbocycles. The van der Waals surface area contributed by atoms with Gasteiger partial charge in [-0.2, -0.15) is 0 Å². The minimum Gasteiger partial charge on any atom is -0.493 e. The average molecular weight is 357 g/mol. The molecule has 23 heavy (non-hydrogen) atoms. The predicted molar refractivity (Wildman–Crippen MR) is 90.1 cm³/mol. The third-order valence-electron chi connectivity index (χ3n) is 3.25. The number of methoxy groups -OCH3 is 2. The molecule has 0 spiro atoms. The van der Waals surface area contributed by atoms with E-state index in [9.17, 15) is 9.59 Å². The number of carbonyl (C=O) groups excluding carboxylic acids is 2. The molecule has 1 aromatic heterocycles. The molecule has 0 unspecified atom stereocenters. The van der Waals surface area contributed by atoms with Crippen molar-refractivity contribution in [2.24, 2.45) is 0 Å². The van der Waals surface area contributed by atoms with E-state index in [2.05, 4.69) is 0 Å². The molecular formula is C16H17ClO5S. The standard InChI is InChI=1S/C16H17ClO5S/c1-4-22-14(19)6-5-10(18)16-15(17)9-7-11(20-2)12(21-3)8-13(9)23-16/h7-8H,4-6H2,1-3H3. The number of hydrogen-bond donors (Lipinski definition) is 0. The summed E-state index contributed by atoms with van der Waals surface area (Å²) in [7, 11) is 3.08. The third kappa shape index (κ3) is 3.76. The van der Waals surface area contributed by atoms with Crippen LogP contribution in [0.15, 0.2) is 12.1 Å². The summed E-state index contributed by atoms with van der Waals surface area (Å²) in [6.45, 7) is 2.03. The van der Waals surface area contributed by atoms with Gasteiger partial charge in [0.05, 0.1) is 37.1 Å². The molecule has 0 bridgehead atoms. The van der Waals surface area contributed by atoms with E-state index in [1.54, 1.807) is 26.2 Å². The second-order valence-electron chi connectivity index (χ2n) is 4.68. The largest absolute Gasteiger partial charge is 0.493 e. The van der Waals surface area contributed by atoms with E-state index in [-0.39, 0.29) is 24.6 Å². The van der Waals surface area contributed by atoms with Crippen molar-refractivity contribution in [3.8, 4) is 11.5 Å². The first kappa shape index (κ1) is 17.6. The number of fused-ring (bicyclic) bond motifs is 1. The Bertz CT molecular complexity index is 738. The van der Waals surface area contributed by atoms with Crippen molar-refractivity contribution in [2.75, 3.05) is 20.8 Å². The molecule has 0 aliphatic heterocycles. The fraction of sp³-hybridized carbons (Fsp3) is 0.375. The van der Waals surface area contributed by atoms with Gasteiger partial charge < -0.3 is 14.2 Å². The van der Waals surface area contributed by atoms with Crippen LogP contribution in [0.2, 0.25) is 5.02 Å². The third-order valence-corrected chi connectivity index (χ3v) is 4.95. The lowest BCUT2D eigenvalue weighted by molar-refractivity contribution is -0.143. The molecule has 0 N–H and O–H groups in total. The van der Waals surface area contributed by atoms with E-state index in [0.717, 1.165) is 10.1 Å². The van der Waals surface area contributed by atoms with Gasteiger partial charge >= 0.3 is 5.97 Å². The highest BCUT2D eigenvalue weighted by Crippen LogP contribution is 2.42. The molecule has 0 aliphatic rings. The molecule has 0 saturated carbocycles. The lowest BCUT2D eigenvalue weighted by Crippen LogP contribution is -2.07. The van der Waals surface area contributed by atoms with Crippen LogP contribution in [-0.2, 0) is 9.53 Å². The number of benzene rings is 1. The number of ether oxygens (including phenoxy) is 3. The Balaban J connectivity index is 2.29. The summed E-state index contributed by atoms with van der Waals surface area (Å²) in [5.41, 5.74) is 0. The van der Waals surface area contributed by atoms with Crippen LogP contribution in [0, 0.1) is 0 Å². The van der Waals surface area contributed by atoms with E-state index < -0.39 is 0 Å². The van der Waals surface area contributed by atoms with Gasteiger partial charge in [0.2, 0.25) is 0 Å². The van der Waals surface area contributed by atoms with Crippen molar-refractivity contribution >= 4 is 44.8 Å². The zero-order chi connectivity index (χ0) is 17.0. The van der Waals surface area contributed by atoms with Crippen LogP contribution < -0.4 is 9.47 Å². The van der Waals surface area contributed by atoms with Gasteiger partial charge in [0, 0.05) is 22.6 Å². The SMILES string of the molecule is CCOC(=O)CCC(=O)c1sc2cc(OC)c(OC)cc2c1Cl. The van der Waals surface area contributed by atoms with Gasteiger partial charge in [-0.15, -0.1) is 11.3 Å². The van der Waals surface area contributed by atoms with Gasteiger partial charge in [0.25, 0.3) is 0 Å².